The van der Waals surface area contributed by atoms with Gasteiger partial charge in [-0.2, -0.15) is 0 Å². The van der Waals surface area contributed by atoms with Crippen LogP contribution in [0.25, 0.3) is 33.4 Å². The van der Waals surface area contributed by atoms with Gasteiger partial charge in [0, 0.05) is 23.3 Å². The van der Waals surface area contributed by atoms with Crippen molar-refractivity contribution in [2.45, 2.75) is 20.8 Å². The standard InChI is InChI=1S/C22H20N6O/c1-12-6-7-17(29)13(2)19(12)28-21-15(18-20(23)24-11-25-22(18)28)10-16(14(3)26-21)27-8-4-5-9-27/h4-11,29H,1-3H3,(H2,23,24,25). The molecule has 0 saturated carbocycles. The Morgan fingerprint density at radius 1 is 1.00 bits per heavy atom. The number of phenols is 1. The van der Waals surface area contributed by atoms with Gasteiger partial charge in [0.25, 0.3) is 0 Å². The van der Waals surface area contributed by atoms with E-state index in [1.807, 2.05) is 60.5 Å². The molecule has 1 aromatic carbocycles. The average Bonchev–Trinajstić information content (AvgIpc) is 3.32. The van der Waals surface area contributed by atoms with E-state index in [2.05, 4.69) is 16.0 Å². The Morgan fingerprint density at radius 3 is 2.52 bits per heavy atom. The van der Waals surface area contributed by atoms with Crippen molar-refractivity contribution in [2.75, 3.05) is 5.73 Å². The fourth-order valence-electron chi connectivity index (χ4n) is 3.99. The molecule has 4 heterocycles. The molecule has 0 atom stereocenters. The number of aromatic nitrogens is 5. The zero-order valence-electron chi connectivity index (χ0n) is 16.4. The van der Waals surface area contributed by atoms with Gasteiger partial charge in [-0.25, -0.2) is 15.0 Å². The van der Waals surface area contributed by atoms with E-state index in [1.165, 1.54) is 6.33 Å². The summed E-state index contributed by atoms with van der Waals surface area (Å²) in [4.78, 5) is 13.7. The summed E-state index contributed by atoms with van der Waals surface area (Å²) in [5.74, 6) is 0.627. The highest BCUT2D eigenvalue weighted by atomic mass is 16.3. The molecule has 0 spiro atoms. The summed E-state index contributed by atoms with van der Waals surface area (Å²) in [6.45, 7) is 5.87. The van der Waals surface area contributed by atoms with Crippen LogP contribution in [0.2, 0.25) is 0 Å². The van der Waals surface area contributed by atoms with Gasteiger partial charge in [-0.05, 0) is 50.6 Å². The summed E-state index contributed by atoms with van der Waals surface area (Å²) in [6.07, 6.45) is 5.43. The molecule has 5 aromatic rings. The summed E-state index contributed by atoms with van der Waals surface area (Å²) in [5.41, 5.74) is 12.1. The minimum atomic E-state index is 0.225. The number of nitrogens with zero attached hydrogens (tertiary/aromatic N) is 5. The van der Waals surface area contributed by atoms with Gasteiger partial charge in [0.2, 0.25) is 0 Å². The lowest BCUT2D eigenvalue weighted by Crippen LogP contribution is -2.04. The first-order valence-corrected chi connectivity index (χ1v) is 9.32. The fraction of sp³-hybridized carbons (Fsp3) is 0.136. The maximum Gasteiger partial charge on any atom is 0.152 e. The third-order valence-electron chi connectivity index (χ3n) is 5.43. The lowest BCUT2D eigenvalue weighted by molar-refractivity contribution is 0.470. The van der Waals surface area contributed by atoms with E-state index in [1.54, 1.807) is 6.07 Å². The maximum atomic E-state index is 10.4. The van der Waals surface area contributed by atoms with Gasteiger partial charge in [0.1, 0.15) is 23.5 Å². The number of fused-ring (bicyclic) bond motifs is 3. The molecule has 0 unspecified atom stereocenters. The number of benzene rings is 1. The molecular weight excluding hydrogens is 364 g/mol. The molecule has 0 bridgehead atoms. The Labute approximate surface area is 167 Å². The number of aromatic hydroxyl groups is 1. The lowest BCUT2D eigenvalue weighted by Gasteiger charge is -2.15. The summed E-state index contributed by atoms with van der Waals surface area (Å²) < 4.78 is 4.00. The molecular formula is C22H20N6O. The van der Waals surface area contributed by atoms with Gasteiger partial charge >= 0.3 is 0 Å². The van der Waals surface area contributed by atoms with Crippen LogP contribution in [0, 0.1) is 20.8 Å². The number of pyridine rings is 1. The molecule has 0 amide bonds. The van der Waals surface area contributed by atoms with Crippen LogP contribution in [0.5, 0.6) is 5.75 Å². The number of hydrogen-bond donors (Lipinski definition) is 2. The topological polar surface area (TPSA) is 94.8 Å². The minimum Gasteiger partial charge on any atom is -0.508 e. The number of rotatable bonds is 2. The third-order valence-corrected chi connectivity index (χ3v) is 5.43. The molecule has 5 rings (SSSR count). The lowest BCUT2D eigenvalue weighted by atomic mass is 10.1. The average molecular weight is 384 g/mol. The number of hydrogen-bond acceptors (Lipinski definition) is 5. The van der Waals surface area contributed by atoms with Crippen LogP contribution in [0.15, 0.2) is 49.1 Å². The number of phenolic OH excluding ortho intramolecular Hbond substituents is 1. The molecule has 0 aliphatic heterocycles. The van der Waals surface area contributed by atoms with E-state index in [9.17, 15) is 5.11 Å². The van der Waals surface area contributed by atoms with Crippen molar-refractivity contribution in [2.24, 2.45) is 0 Å². The predicted molar refractivity (Wildman–Crippen MR) is 114 cm³/mol. The quantitative estimate of drug-likeness (QED) is 0.480. The van der Waals surface area contributed by atoms with Gasteiger partial charge < -0.3 is 15.4 Å². The Hall–Kier alpha value is -3.87. The smallest absolute Gasteiger partial charge is 0.152 e. The van der Waals surface area contributed by atoms with Crippen molar-refractivity contribution < 1.29 is 5.11 Å². The molecule has 0 aliphatic rings. The first-order valence-electron chi connectivity index (χ1n) is 9.32. The van der Waals surface area contributed by atoms with Gasteiger partial charge in [-0.15, -0.1) is 0 Å². The number of aryl methyl sites for hydroxylation is 2. The van der Waals surface area contributed by atoms with Crippen LogP contribution in [-0.2, 0) is 0 Å². The number of anilines is 1. The third kappa shape index (κ3) is 2.40. The molecule has 7 nitrogen and oxygen atoms in total. The molecule has 0 aliphatic carbocycles. The van der Waals surface area contributed by atoms with Gasteiger partial charge in [-0.1, -0.05) is 6.07 Å². The van der Waals surface area contributed by atoms with Crippen LogP contribution in [-0.4, -0.2) is 29.2 Å². The SMILES string of the molecule is Cc1ccc(O)c(C)c1-n1c2nc(C)c(-n3cccc3)cc2c2c(N)ncnc21. The van der Waals surface area contributed by atoms with Crippen LogP contribution in [0.1, 0.15) is 16.8 Å². The van der Waals surface area contributed by atoms with Crippen molar-refractivity contribution in [3.8, 4) is 17.1 Å². The van der Waals surface area contributed by atoms with Gasteiger partial charge in [0.15, 0.2) is 5.65 Å². The second-order valence-corrected chi connectivity index (χ2v) is 7.22. The van der Waals surface area contributed by atoms with E-state index < -0.39 is 0 Å². The molecule has 0 radical (unpaired) electrons. The summed E-state index contributed by atoms with van der Waals surface area (Å²) in [6, 6.07) is 9.62. The Balaban J connectivity index is 1.99. The number of nitrogens with two attached hydrogens (primary N) is 1. The van der Waals surface area contributed by atoms with Crippen LogP contribution >= 0.6 is 0 Å². The zero-order chi connectivity index (χ0) is 20.3. The molecule has 3 N–H and O–H groups in total. The van der Waals surface area contributed by atoms with E-state index in [0.717, 1.165) is 44.6 Å². The van der Waals surface area contributed by atoms with Crippen molar-refractivity contribution in [1.29, 1.82) is 0 Å². The molecule has 29 heavy (non-hydrogen) atoms. The maximum absolute atomic E-state index is 10.4. The Kier molecular flexibility index (Phi) is 3.61. The minimum absolute atomic E-state index is 0.225. The van der Waals surface area contributed by atoms with Crippen molar-refractivity contribution >= 4 is 27.9 Å². The monoisotopic (exact) mass is 384 g/mol. The normalized spacial score (nSPS) is 11.6. The van der Waals surface area contributed by atoms with E-state index in [-0.39, 0.29) is 5.75 Å². The Morgan fingerprint density at radius 2 is 1.76 bits per heavy atom. The van der Waals surface area contributed by atoms with Gasteiger partial charge in [-0.3, -0.25) is 4.57 Å². The molecule has 0 saturated heterocycles. The zero-order valence-corrected chi connectivity index (χ0v) is 16.4. The second-order valence-electron chi connectivity index (χ2n) is 7.22. The first-order chi connectivity index (χ1) is 14.0. The summed E-state index contributed by atoms with van der Waals surface area (Å²) in [7, 11) is 0. The molecule has 0 fully saturated rings. The van der Waals surface area contributed by atoms with E-state index in [0.29, 0.717) is 11.5 Å². The molecule has 144 valence electrons. The predicted octanol–water partition coefficient (Wildman–Crippen LogP) is 3.97. The molecule has 7 heteroatoms. The number of nitrogen functional groups attached to an aromatic ring is 1. The highest BCUT2D eigenvalue weighted by Gasteiger charge is 2.22. The second kappa shape index (κ2) is 6.07. The molecule has 4 aromatic heterocycles. The van der Waals surface area contributed by atoms with Crippen molar-refractivity contribution in [3.63, 3.8) is 0 Å². The largest absolute Gasteiger partial charge is 0.508 e. The van der Waals surface area contributed by atoms with Crippen molar-refractivity contribution in [3.05, 3.63) is 65.9 Å². The van der Waals surface area contributed by atoms with Crippen LogP contribution < -0.4 is 5.73 Å². The van der Waals surface area contributed by atoms with Crippen molar-refractivity contribution in [1.82, 2.24) is 24.1 Å². The van der Waals surface area contributed by atoms with Gasteiger partial charge in [0.05, 0.1) is 22.5 Å². The van der Waals surface area contributed by atoms with E-state index in [4.69, 9.17) is 10.7 Å². The summed E-state index contributed by atoms with van der Waals surface area (Å²) in [5, 5.41) is 12.0. The Bertz CT molecular complexity index is 1400. The first kappa shape index (κ1) is 17.2. The highest BCUT2D eigenvalue weighted by molar-refractivity contribution is 6.11. The van der Waals surface area contributed by atoms with Crippen LogP contribution in [0.4, 0.5) is 5.82 Å². The fourth-order valence-corrected chi connectivity index (χ4v) is 3.99. The van der Waals surface area contributed by atoms with Crippen LogP contribution in [0.3, 0.4) is 0 Å². The summed E-state index contributed by atoms with van der Waals surface area (Å²) >= 11 is 0. The van der Waals surface area contributed by atoms with E-state index >= 15 is 0 Å². The highest BCUT2D eigenvalue weighted by Crippen LogP contribution is 2.37.